The van der Waals surface area contributed by atoms with Crippen molar-refractivity contribution in [3.8, 4) is 0 Å². The van der Waals surface area contributed by atoms with Gasteiger partial charge in [0.1, 0.15) is 0 Å². The molecule has 0 amide bonds. The lowest BCUT2D eigenvalue weighted by atomic mass is 9.98. The molecule has 1 aromatic rings. The maximum absolute atomic E-state index is 5.46. The van der Waals surface area contributed by atoms with E-state index in [1.165, 1.54) is 0 Å². The van der Waals surface area contributed by atoms with E-state index in [2.05, 4.69) is 24.3 Å². The van der Waals surface area contributed by atoms with Gasteiger partial charge in [0.05, 0.1) is 17.2 Å². The SMILES string of the molecule is CCC(C)C(NN)c1cscn1. The third-order valence-electron chi connectivity index (χ3n) is 2.16. The Balaban J connectivity index is 2.69. The van der Waals surface area contributed by atoms with Crippen LogP contribution in [-0.2, 0) is 0 Å². The van der Waals surface area contributed by atoms with Crippen LogP contribution in [0.2, 0.25) is 0 Å². The predicted octanol–water partition coefficient (Wildman–Crippen LogP) is 1.69. The number of nitrogens with one attached hydrogen (secondary N) is 1. The highest BCUT2D eigenvalue weighted by atomic mass is 32.1. The Morgan fingerprint density at radius 3 is 2.92 bits per heavy atom. The molecule has 0 saturated heterocycles. The second-order valence-corrected chi connectivity index (χ2v) is 3.66. The topological polar surface area (TPSA) is 50.9 Å². The molecule has 1 aromatic heterocycles. The van der Waals surface area contributed by atoms with E-state index in [-0.39, 0.29) is 6.04 Å². The van der Waals surface area contributed by atoms with Crippen LogP contribution in [-0.4, -0.2) is 4.98 Å². The van der Waals surface area contributed by atoms with E-state index in [4.69, 9.17) is 5.84 Å². The van der Waals surface area contributed by atoms with Gasteiger partial charge in [0.25, 0.3) is 0 Å². The molecule has 0 aliphatic heterocycles. The number of rotatable bonds is 4. The summed E-state index contributed by atoms with van der Waals surface area (Å²) in [7, 11) is 0. The highest BCUT2D eigenvalue weighted by Crippen LogP contribution is 2.22. The molecule has 2 unspecified atom stereocenters. The van der Waals surface area contributed by atoms with Gasteiger partial charge in [0, 0.05) is 5.38 Å². The number of aromatic nitrogens is 1. The van der Waals surface area contributed by atoms with E-state index in [1.807, 2.05) is 10.9 Å². The summed E-state index contributed by atoms with van der Waals surface area (Å²) in [5, 5.41) is 2.04. The summed E-state index contributed by atoms with van der Waals surface area (Å²) in [4.78, 5) is 4.23. The number of hydrazine groups is 1. The third kappa shape index (κ3) is 2.03. The van der Waals surface area contributed by atoms with Crippen molar-refractivity contribution in [2.75, 3.05) is 0 Å². The molecule has 0 saturated carbocycles. The number of nitrogens with two attached hydrogens (primary N) is 1. The van der Waals surface area contributed by atoms with E-state index in [1.54, 1.807) is 11.3 Å². The minimum absolute atomic E-state index is 0.196. The van der Waals surface area contributed by atoms with Crippen LogP contribution < -0.4 is 11.3 Å². The quantitative estimate of drug-likeness (QED) is 0.554. The Morgan fingerprint density at radius 1 is 1.75 bits per heavy atom. The van der Waals surface area contributed by atoms with Crippen molar-refractivity contribution < 1.29 is 0 Å². The van der Waals surface area contributed by atoms with E-state index < -0.39 is 0 Å². The van der Waals surface area contributed by atoms with Crippen molar-refractivity contribution >= 4 is 11.3 Å². The molecule has 0 aliphatic carbocycles. The van der Waals surface area contributed by atoms with Gasteiger partial charge in [-0.25, -0.2) is 4.98 Å². The standard InChI is InChI=1S/C8H15N3S/c1-3-6(2)8(11-9)7-4-12-5-10-7/h4-6,8,11H,3,9H2,1-2H3. The minimum Gasteiger partial charge on any atom is -0.271 e. The molecular weight excluding hydrogens is 170 g/mol. The smallest absolute Gasteiger partial charge is 0.0795 e. The molecule has 4 heteroatoms. The highest BCUT2D eigenvalue weighted by Gasteiger charge is 2.17. The first kappa shape index (κ1) is 9.64. The van der Waals surface area contributed by atoms with Crippen molar-refractivity contribution in [2.24, 2.45) is 11.8 Å². The first-order valence-corrected chi connectivity index (χ1v) is 5.08. The average Bonchev–Trinajstić information content (AvgIpc) is 2.58. The van der Waals surface area contributed by atoms with E-state index >= 15 is 0 Å². The summed E-state index contributed by atoms with van der Waals surface area (Å²) in [6.45, 7) is 4.32. The first-order valence-electron chi connectivity index (χ1n) is 4.13. The second-order valence-electron chi connectivity index (χ2n) is 2.94. The zero-order valence-electron chi connectivity index (χ0n) is 7.45. The van der Waals surface area contributed by atoms with E-state index in [0.29, 0.717) is 5.92 Å². The molecule has 0 radical (unpaired) electrons. The number of hydrogen-bond donors (Lipinski definition) is 2. The zero-order chi connectivity index (χ0) is 8.97. The maximum atomic E-state index is 5.46. The normalized spacial score (nSPS) is 15.9. The van der Waals surface area contributed by atoms with Crippen molar-refractivity contribution in [1.29, 1.82) is 0 Å². The molecule has 12 heavy (non-hydrogen) atoms. The fourth-order valence-electron chi connectivity index (χ4n) is 1.15. The third-order valence-corrected chi connectivity index (χ3v) is 2.77. The monoisotopic (exact) mass is 185 g/mol. The van der Waals surface area contributed by atoms with Gasteiger partial charge < -0.3 is 0 Å². The Hall–Kier alpha value is -0.450. The molecule has 3 N–H and O–H groups in total. The van der Waals surface area contributed by atoms with Crippen LogP contribution in [0.15, 0.2) is 10.9 Å². The summed E-state index contributed by atoms with van der Waals surface area (Å²) in [5.41, 5.74) is 5.69. The van der Waals surface area contributed by atoms with Crippen LogP contribution in [0.4, 0.5) is 0 Å². The first-order chi connectivity index (χ1) is 5.79. The van der Waals surface area contributed by atoms with Crippen LogP contribution in [0.1, 0.15) is 32.0 Å². The van der Waals surface area contributed by atoms with Crippen LogP contribution in [0, 0.1) is 5.92 Å². The number of hydrogen-bond acceptors (Lipinski definition) is 4. The van der Waals surface area contributed by atoms with Crippen LogP contribution in [0.25, 0.3) is 0 Å². The molecule has 1 rings (SSSR count). The Labute approximate surface area is 77.0 Å². The summed E-state index contributed by atoms with van der Waals surface area (Å²) in [6, 6.07) is 0.196. The van der Waals surface area contributed by atoms with Crippen molar-refractivity contribution in [2.45, 2.75) is 26.3 Å². The maximum Gasteiger partial charge on any atom is 0.0795 e. The number of nitrogens with zero attached hydrogens (tertiary/aromatic N) is 1. The molecule has 0 aliphatic rings. The van der Waals surface area contributed by atoms with E-state index in [0.717, 1.165) is 12.1 Å². The molecule has 0 bridgehead atoms. The van der Waals surface area contributed by atoms with Gasteiger partial charge in [0.2, 0.25) is 0 Å². The summed E-state index contributed by atoms with van der Waals surface area (Å²) in [5.74, 6) is 5.98. The predicted molar refractivity (Wildman–Crippen MR) is 51.6 cm³/mol. The minimum atomic E-state index is 0.196. The molecular formula is C8H15N3S. The molecule has 0 aromatic carbocycles. The van der Waals surface area contributed by atoms with Gasteiger partial charge in [-0.3, -0.25) is 11.3 Å². The Morgan fingerprint density at radius 2 is 2.50 bits per heavy atom. The Bertz CT molecular complexity index is 210. The zero-order valence-corrected chi connectivity index (χ0v) is 8.27. The fraction of sp³-hybridized carbons (Fsp3) is 0.625. The highest BCUT2D eigenvalue weighted by molar-refractivity contribution is 7.07. The molecule has 3 nitrogen and oxygen atoms in total. The molecule has 0 spiro atoms. The lowest BCUT2D eigenvalue weighted by Gasteiger charge is -2.19. The van der Waals surface area contributed by atoms with Crippen molar-refractivity contribution in [3.05, 3.63) is 16.6 Å². The number of thiazole rings is 1. The second kappa shape index (κ2) is 4.54. The molecule has 0 fully saturated rings. The summed E-state index contributed by atoms with van der Waals surface area (Å²) in [6.07, 6.45) is 1.10. The van der Waals surface area contributed by atoms with Gasteiger partial charge in [-0.1, -0.05) is 20.3 Å². The van der Waals surface area contributed by atoms with Crippen LogP contribution in [0.3, 0.4) is 0 Å². The molecule has 2 atom stereocenters. The lowest BCUT2D eigenvalue weighted by Crippen LogP contribution is -2.32. The Kier molecular flexibility index (Phi) is 3.65. The molecule has 68 valence electrons. The van der Waals surface area contributed by atoms with Gasteiger partial charge in [-0.2, -0.15) is 0 Å². The van der Waals surface area contributed by atoms with Crippen molar-refractivity contribution in [3.63, 3.8) is 0 Å². The fourth-order valence-corrected chi connectivity index (χ4v) is 1.74. The summed E-state index contributed by atoms with van der Waals surface area (Å²) >= 11 is 1.60. The lowest BCUT2D eigenvalue weighted by molar-refractivity contribution is 0.377. The van der Waals surface area contributed by atoms with Gasteiger partial charge in [-0.15, -0.1) is 11.3 Å². The van der Waals surface area contributed by atoms with Crippen LogP contribution in [0.5, 0.6) is 0 Å². The van der Waals surface area contributed by atoms with Crippen LogP contribution >= 0.6 is 11.3 Å². The van der Waals surface area contributed by atoms with Gasteiger partial charge in [-0.05, 0) is 5.92 Å². The van der Waals surface area contributed by atoms with Gasteiger partial charge >= 0.3 is 0 Å². The van der Waals surface area contributed by atoms with E-state index in [9.17, 15) is 0 Å². The van der Waals surface area contributed by atoms with Crippen molar-refractivity contribution in [1.82, 2.24) is 10.4 Å². The molecule has 1 heterocycles. The summed E-state index contributed by atoms with van der Waals surface area (Å²) < 4.78 is 0. The largest absolute Gasteiger partial charge is 0.271 e. The van der Waals surface area contributed by atoms with Gasteiger partial charge in [0.15, 0.2) is 0 Å². The average molecular weight is 185 g/mol.